The van der Waals surface area contributed by atoms with Crippen LogP contribution in [0.4, 0.5) is 11.1 Å². The summed E-state index contributed by atoms with van der Waals surface area (Å²) in [5.41, 5.74) is 0. The fraction of sp³-hybridized carbons (Fsp3) is 0.571. The highest BCUT2D eigenvalue weighted by molar-refractivity contribution is 7.15. The average molecular weight is 320 g/mol. The average Bonchev–Trinajstić information content (AvgIpc) is 2.99. The number of β-amino-alcohol motifs (C(OH)–C–C–N with tert-alkyl or cyclic N) is 1. The SMILES string of the molecule is CCCc1nnc(N2CCC(Nc3ncccn3)C(O)C2)s1. The van der Waals surface area contributed by atoms with E-state index in [1.165, 1.54) is 0 Å². The molecule has 2 aromatic heterocycles. The van der Waals surface area contributed by atoms with Gasteiger partial charge in [0.05, 0.1) is 12.1 Å². The summed E-state index contributed by atoms with van der Waals surface area (Å²) in [7, 11) is 0. The van der Waals surface area contributed by atoms with Gasteiger partial charge in [0.2, 0.25) is 11.1 Å². The Morgan fingerprint density at radius 1 is 1.36 bits per heavy atom. The highest BCUT2D eigenvalue weighted by Gasteiger charge is 2.29. The Bertz CT molecular complexity index is 592. The summed E-state index contributed by atoms with van der Waals surface area (Å²) in [4.78, 5) is 10.4. The molecule has 1 aliphatic rings. The first-order valence-electron chi connectivity index (χ1n) is 7.55. The van der Waals surface area contributed by atoms with Gasteiger partial charge in [-0.3, -0.25) is 0 Å². The minimum absolute atomic E-state index is 0.0401. The number of aliphatic hydroxyl groups excluding tert-OH is 1. The highest BCUT2D eigenvalue weighted by Crippen LogP contribution is 2.25. The third-order valence-electron chi connectivity index (χ3n) is 3.65. The second-order valence-corrected chi connectivity index (χ2v) is 6.39. The van der Waals surface area contributed by atoms with E-state index in [4.69, 9.17) is 0 Å². The molecule has 3 rings (SSSR count). The van der Waals surface area contributed by atoms with Gasteiger partial charge >= 0.3 is 0 Å². The zero-order valence-corrected chi connectivity index (χ0v) is 13.3. The Morgan fingerprint density at radius 2 is 2.18 bits per heavy atom. The molecular formula is C14H20N6OS. The van der Waals surface area contributed by atoms with E-state index in [-0.39, 0.29) is 6.04 Å². The lowest BCUT2D eigenvalue weighted by Crippen LogP contribution is -2.50. The summed E-state index contributed by atoms with van der Waals surface area (Å²) < 4.78 is 0. The monoisotopic (exact) mass is 320 g/mol. The maximum Gasteiger partial charge on any atom is 0.222 e. The van der Waals surface area contributed by atoms with Gasteiger partial charge in [-0.15, -0.1) is 10.2 Å². The van der Waals surface area contributed by atoms with Crippen LogP contribution < -0.4 is 10.2 Å². The largest absolute Gasteiger partial charge is 0.389 e. The Balaban J connectivity index is 1.59. The van der Waals surface area contributed by atoms with E-state index < -0.39 is 6.10 Å². The molecule has 2 atom stereocenters. The molecule has 0 saturated carbocycles. The molecule has 0 radical (unpaired) electrons. The number of aliphatic hydroxyl groups is 1. The molecule has 1 fully saturated rings. The Morgan fingerprint density at radius 3 is 2.91 bits per heavy atom. The van der Waals surface area contributed by atoms with Crippen LogP contribution in [0.5, 0.6) is 0 Å². The van der Waals surface area contributed by atoms with Gasteiger partial charge in [-0.1, -0.05) is 18.3 Å². The summed E-state index contributed by atoms with van der Waals surface area (Å²) in [6, 6.07) is 1.73. The molecule has 7 nitrogen and oxygen atoms in total. The first-order chi connectivity index (χ1) is 10.8. The van der Waals surface area contributed by atoms with Crippen LogP contribution in [0, 0.1) is 0 Å². The van der Waals surface area contributed by atoms with Gasteiger partial charge in [0.25, 0.3) is 0 Å². The smallest absolute Gasteiger partial charge is 0.222 e. The molecular weight excluding hydrogens is 300 g/mol. The molecule has 0 bridgehead atoms. The number of nitrogens with zero attached hydrogens (tertiary/aromatic N) is 5. The normalized spacial score (nSPS) is 21.8. The molecule has 0 spiro atoms. The number of piperidine rings is 1. The molecule has 118 valence electrons. The minimum Gasteiger partial charge on any atom is -0.389 e. The molecule has 8 heteroatoms. The predicted molar refractivity (Wildman–Crippen MR) is 86.2 cm³/mol. The van der Waals surface area contributed by atoms with Crippen molar-refractivity contribution in [1.29, 1.82) is 0 Å². The molecule has 0 aromatic carbocycles. The van der Waals surface area contributed by atoms with Crippen molar-refractivity contribution in [3.8, 4) is 0 Å². The van der Waals surface area contributed by atoms with Crippen molar-refractivity contribution in [1.82, 2.24) is 20.2 Å². The first kappa shape index (κ1) is 15.1. The Labute approximate surface area is 133 Å². The van der Waals surface area contributed by atoms with E-state index in [1.54, 1.807) is 29.8 Å². The van der Waals surface area contributed by atoms with Crippen molar-refractivity contribution < 1.29 is 5.11 Å². The summed E-state index contributed by atoms with van der Waals surface area (Å²) in [5, 5.41) is 24.0. The lowest BCUT2D eigenvalue weighted by atomic mass is 10.0. The molecule has 1 aliphatic heterocycles. The van der Waals surface area contributed by atoms with Crippen LogP contribution in [0.3, 0.4) is 0 Å². The van der Waals surface area contributed by atoms with Crippen LogP contribution in [0.15, 0.2) is 18.5 Å². The van der Waals surface area contributed by atoms with Crippen LogP contribution in [-0.2, 0) is 6.42 Å². The van der Waals surface area contributed by atoms with Crippen molar-refractivity contribution in [3.05, 3.63) is 23.5 Å². The molecule has 0 amide bonds. The summed E-state index contributed by atoms with van der Waals surface area (Å²) in [6.07, 6.45) is 5.73. The van der Waals surface area contributed by atoms with E-state index in [0.717, 1.165) is 35.9 Å². The van der Waals surface area contributed by atoms with Gasteiger partial charge in [0.1, 0.15) is 5.01 Å². The third kappa shape index (κ3) is 3.50. The lowest BCUT2D eigenvalue weighted by molar-refractivity contribution is 0.139. The number of aryl methyl sites for hydroxylation is 1. The number of anilines is 2. The second-order valence-electron chi connectivity index (χ2n) is 5.35. The van der Waals surface area contributed by atoms with Gasteiger partial charge in [-0.2, -0.15) is 0 Å². The lowest BCUT2D eigenvalue weighted by Gasteiger charge is -2.35. The third-order valence-corrected chi connectivity index (χ3v) is 4.70. The molecule has 2 unspecified atom stereocenters. The summed E-state index contributed by atoms with van der Waals surface area (Å²) in [5.74, 6) is 0.557. The van der Waals surface area contributed by atoms with Crippen LogP contribution >= 0.6 is 11.3 Å². The quantitative estimate of drug-likeness (QED) is 0.859. The zero-order valence-electron chi connectivity index (χ0n) is 12.5. The van der Waals surface area contributed by atoms with E-state index in [2.05, 4.69) is 37.3 Å². The van der Waals surface area contributed by atoms with Gasteiger partial charge in [-0.05, 0) is 18.9 Å². The fourth-order valence-electron chi connectivity index (χ4n) is 2.50. The highest BCUT2D eigenvalue weighted by atomic mass is 32.1. The summed E-state index contributed by atoms with van der Waals surface area (Å²) in [6.45, 7) is 3.52. The van der Waals surface area contributed by atoms with Crippen LogP contribution in [0.1, 0.15) is 24.8 Å². The number of hydrogen-bond acceptors (Lipinski definition) is 8. The van der Waals surface area contributed by atoms with Crippen molar-refractivity contribution in [2.45, 2.75) is 38.3 Å². The molecule has 3 heterocycles. The topological polar surface area (TPSA) is 87.1 Å². The zero-order chi connectivity index (χ0) is 15.4. The number of rotatable bonds is 5. The van der Waals surface area contributed by atoms with Crippen molar-refractivity contribution in [2.24, 2.45) is 0 Å². The fourth-order valence-corrected chi connectivity index (χ4v) is 3.48. The van der Waals surface area contributed by atoms with Gasteiger partial charge in [-0.25, -0.2) is 9.97 Å². The first-order valence-corrected chi connectivity index (χ1v) is 8.37. The molecule has 0 aliphatic carbocycles. The van der Waals surface area contributed by atoms with Crippen LogP contribution in [0.2, 0.25) is 0 Å². The number of aromatic nitrogens is 4. The molecule has 2 aromatic rings. The van der Waals surface area contributed by atoms with Crippen molar-refractivity contribution in [3.63, 3.8) is 0 Å². The van der Waals surface area contributed by atoms with E-state index in [0.29, 0.717) is 12.5 Å². The minimum atomic E-state index is -0.490. The number of nitrogens with one attached hydrogen (secondary N) is 1. The van der Waals surface area contributed by atoms with Crippen LogP contribution in [0.25, 0.3) is 0 Å². The van der Waals surface area contributed by atoms with Gasteiger partial charge < -0.3 is 15.3 Å². The maximum absolute atomic E-state index is 10.4. The predicted octanol–water partition coefficient (Wildman–Crippen LogP) is 1.33. The summed E-state index contributed by atoms with van der Waals surface area (Å²) >= 11 is 1.62. The van der Waals surface area contributed by atoms with Crippen molar-refractivity contribution >= 4 is 22.4 Å². The van der Waals surface area contributed by atoms with E-state index in [9.17, 15) is 5.11 Å². The molecule has 1 saturated heterocycles. The second kappa shape index (κ2) is 6.97. The Kier molecular flexibility index (Phi) is 4.79. The maximum atomic E-state index is 10.4. The molecule has 22 heavy (non-hydrogen) atoms. The number of hydrogen-bond donors (Lipinski definition) is 2. The van der Waals surface area contributed by atoms with Gasteiger partial charge in [0.15, 0.2) is 0 Å². The van der Waals surface area contributed by atoms with E-state index in [1.807, 2.05) is 0 Å². The van der Waals surface area contributed by atoms with Crippen LogP contribution in [-0.4, -0.2) is 50.5 Å². The molecule has 2 N–H and O–H groups in total. The van der Waals surface area contributed by atoms with Crippen molar-refractivity contribution in [2.75, 3.05) is 23.3 Å². The Hall–Kier alpha value is -1.80. The van der Waals surface area contributed by atoms with E-state index >= 15 is 0 Å². The standard InChI is InChI=1S/C14H20N6OS/c1-2-4-12-18-19-14(22-12)20-8-5-10(11(21)9-20)17-13-15-6-3-7-16-13/h3,6-7,10-11,21H,2,4-5,8-9H2,1H3,(H,15,16,17). The van der Waals surface area contributed by atoms with Gasteiger partial charge in [0, 0.05) is 31.9 Å².